The second kappa shape index (κ2) is 14.0. The van der Waals surface area contributed by atoms with Crippen LogP contribution in [0, 0.1) is 6.92 Å². The lowest BCUT2D eigenvalue weighted by atomic mass is 9.72. The summed E-state index contributed by atoms with van der Waals surface area (Å²) in [6, 6.07) is 26.7. The molecule has 5 rings (SSSR count). The van der Waals surface area contributed by atoms with E-state index in [4.69, 9.17) is 28.2 Å². The van der Waals surface area contributed by atoms with Crippen LogP contribution < -0.4 is 5.32 Å². The lowest BCUT2D eigenvalue weighted by Crippen LogP contribution is -2.56. The van der Waals surface area contributed by atoms with Crippen molar-refractivity contribution in [3.05, 3.63) is 111 Å². The van der Waals surface area contributed by atoms with Crippen LogP contribution in [0.25, 0.3) is 11.4 Å². The van der Waals surface area contributed by atoms with Gasteiger partial charge in [-0.05, 0) is 49.2 Å². The van der Waals surface area contributed by atoms with E-state index in [0.29, 0.717) is 0 Å². The number of nitrogens with zero attached hydrogens (tertiary/aromatic N) is 2. The minimum Gasteiger partial charge on any atom is -0.342 e. The van der Waals surface area contributed by atoms with Gasteiger partial charge in [0, 0.05) is 53.4 Å². The Bertz CT molecular complexity index is 1260. The van der Waals surface area contributed by atoms with Gasteiger partial charge in [-0.25, -0.2) is 4.98 Å². The number of imidazole rings is 1. The summed E-state index contributed by atoms with van der Waals surface area (Å²) in [5.74, 6) is 0.846. The smallest absolute Gasteiger partial charge is 0.137 e. The summed E-state index contributed by atoms with van der Waals surface area (Å²) in [6.45, 7) is 8.15. The molecule has 1 aliphatic rings. The Balaban J connectivity index is 0.00000169. The Morgan fingerprint density at radius 3 is 1.89 bits per heavy atom. The van der Waals surface area contributed by atoms with E-state index in [1.54, 1.807) is 0 Å². The summed E-state index contributed by atoms with van der Waals surface area (Å²) >= 11 is 13.1. The number of piperazine rings is 1. The van der Waals surface area contributed by atoms with Crippen molar-refractivity contribution >= 4 is 60.4 Å². The number of halogens is 5. The molecular weight excluding hydrogens is 582 g/mol. The number of hydrogen-bond acceptors (Lipinski definition) is 3. The van der Waals surface area contributed by atoms with Gasteiger partial charge in [-0.2, -0.15) is 0 Å². The zero-order valence-electron chi connectivity index (χ0n) is 21.3. The standard InChI is InChI=1S/C29H30Cl2N4.3ClH/c1-20-27(34-28(33-20)21-8-4-3-5-9-21)29(2,35-16-14-32-15-17-35)26(22-10-6-12-24(30)18-22)23-11-7-13-25(31)19-23;;;/h3-13,18-19,26,32H,14-17H2,1-2H3,(H,33,34);3*1H. The maximum Gasteiger partial charge on any atom is 0.137 e. The van der Waals surface area contributed by atoms with Crippen LogP contribution in [0.15, 0.2) is 78.9 Å². The van der Waals surface area contributed by atoms with Crippen LogP contribution in [0.1, 0.15) is 35.4 Å². The van der Waals surface area contributed by atoms with Gasteiger partial charge in [-0.1, -0.05) is 77.8 Å². The summed E-state index contributed by atoms with van der Waals surface area (Å²) < 4.78 is 0. The third kappa shape index (κ3) is 6.51. The van der Waals surface area contributed by atoms with Gasteiger partial charge in [0.2, 0.25) is 0 Å². The Labute approximate surface area is 253 Å². The highest BCUT2D eigenvalue weighted by Gasteiger charge is 2.46. The maximum atomic E-state index is 6.53. The van der Waals surface area contributed by atoms with Crippen molar-refractivity contribution in [1.29, 1.82) is 0 Å². The highest BCUT2D eigenvalue weighted by molar-refractivity contribution is 6.31. The Kier molecular flexibility index (Phi) is 12.0. The monoisotopic (exact) mass is 612 g/mol. The van der Waals surface area contributed by atoms with Crippen LogP contribution in [-0.2, 0) is 5.54 Å². The van der Waals surface area contributed by atoms with Crippen molar-refractivity contribution in [2.24, 2.45) is 0 Å². The molecule has 0 bridgehead atoms. The van der Waals surface area contributed by atoms with Crippen LogP contribution in [-0.4, -0.2) is 41.0 Å². The summed E-state index contributed by atoms with van der Waals surface area (Å²) in [4.78, 5) is 11.4. The largest absolute Gasteiger partial charge is 0.342 e. The van der Waals surface area contributed by atoms with Crippen molar-refractivity contribution in [3.8, 4) is 11.4 Å². The highest BCUT2D eigenvalue weighted by Crippen LogP contribution is 2.47. The fourth-order valence-electron chi connectivity index (χ4n) is 5.50. The molecular formula is C29H33Cl5N4. The molecule has 0 saturated carbocycles. The molecule has 4 nitrogen and oxygen atoms in total. The predicted octanol–water partition coefficient (Wildman–Crippen LogP) is 7.91. The molecule has 2 heterocycles. The average molecular weight is 615 g/mol. The van der Waals surface area contributed by atoms with E-state index in [-0.39, 0.29) is 43.1 Å². The number of hydrogen-bond donors (Lipinski definition) is 2. The third-order valence-electron chi connectivity index (χ3n) is 7.11. The number of H-pyrrole nitrogens is 1. The van der Waals surface area contributed by atoms with Gasteiger partial charge >= 0.3 is 0 Å². The van der Waals surface area contributed by atoms with E-state index < -0.39 is 5.54 Å². The number of aromatic amines is 1. The van der Waals surface area contributed by atoms with Crippen molar-refractivity contribution in [3.63, 3.8) is 0 Å². The topological polar surface area (TPSA) is 44.0 Å². The Morgan fingerprint density at radius 2 is 1.37 bits per heavy atom. The number of rotatable bonds is 6. The molecule has 2 N–H and O–H groups in total. The number of aryl methyl sites for hydroxylation is 1. The van der Waals surface area contributed by atoms with Crippen molar-refractivity contribution in [1.82, 2.24) is 20.2 Å². The van der Waals surface area contributed by atoms with Crippen LogP contribution in [0.5, 0.6) is 0 Å². The van der Waals surface area contributed by atoms with Gasteiger partial charge < -0.3 is 10.3 Å². The van der Waals surface area contributed by atoms with Crippen LogP contribution in [0.3, 0.4) is 0 Å². The Hall–Kier alpha value is -1.76. The van der Waals surface area contributed by atoms with E-state index in [2.05, 4.69) is 65.4 Å². The van der Waals surface area contributed by atoms with Crippen LogP contribution in [0.4, 0.5) is 0 Å². The first-order valence-electron chi connectivity index (χ1n) is 12.1. The van der Waals surface area contributed by atoms with Gasteiger partial charge in [-0.3, -0.25) is 4.90 Å². The highest BCUT2D eigenvalue weighted by atomic mass is 35.5. The predicted molar refractivity (Wildman–Crippen MR) is 167 cm³/mol. The van der Waals surface area contributed by atoms with Crippen LogP contribution in [0.2, 0.25) is 10.0 Å². The van der Waals surface area contributed by atoms with E-state index in [9.17, 15) is 0 Å². The molecule has 1 saturated heterocycles. The zero-order chi connectivity index (χ0) is 24.4. The third-order valence-corrected chi connectivity index (χ3v) is 7.58. The van der Waals surface area contributed by atoms with E-state index >= 15 is 0 Å². The van der Waals surface area contributed by atoms with Crippen LogP contribution >= 0.6 is 60.4 Å². The summed E-state index contributed by atoms with van der Waals surface area (Å²) in [5, 5.41) is 4.95. The second-order valence-electron chi connectivity index (χ2n) is 9.35. The van der Waals surface area contributed by atoms with Crippen molar-refractivity contribution in [2.45, 2.75) is 25.3 Å². The molecule has 1 aliphatic heterocycles. The van der Waals surface area contributed by atoms with Crippen molar-refractivity contribution in [2.75, 3.05) is 26.2 Å². The Morgan fingerprint density at radius 1 is 0.816 bits per heavy atom. The molecule has 38 heavy (non-hydrogen) atoms. The number of benzene rings is 3. The van der Waals surface area contributed by atoms with Gasteiger partial charge in [-0.15, -0.1) is 37.2 Å². The van der Waals surface area contributed by atoms with Gasteiger partial charge in [0.05, 0.1) is 11.2 Å². The molecule has 4 aromatic rings. The van der Waals surface area contributed by atoms with E-state index in [1.165, 1.54) is 0 Å². The average Bonchev–Trinajstić information content (AvgIpc) is 3.27. The normalized spacial score (nSPS) is 15.1. The lowest BCUT2D eigenvalue weighted by molar-refractivity contribution is 0.0673. The number of nitrogens with one attached hydrogen (secondary N) is 2. The fourth-order valence-corrected chi connectivity index (χ4v) is 5.90. The molecule has 0 spiro atoms. The van der Waals surface area contributed by atoms with E-state index in [0.717, 1.165) is 70.1 Å². The molecule has 204 valence electrons. The molecule has 3 aromatic carbocycles. The zero-order valence-corrected chi connectivity index (χ0v) is 25.2. The minimum atomic E-state index is -0.453. The first kappa shape index (κ1) is 32.5. The second-order valence-corrected chi connectivity index (χ2v) is 10.2. The summed E-state index contributed by atoms with van der Waals surface area (Å²) in [7, 11) is 0. The minimum absolute atomic E-state index is 0. The molecule has 9 heteroatoms. The van der Waals surface area contributed by atoms with E-state index in [1.807, 2.05) is 42.5 Å². The van der Waals surface area contributed by atoms with Crippen molar-refractivity contribution < 1.29 is 0 Å². The van der Waals surface area contributed by atoms with Gasteiger partial charge in [0.1, 0.15) is 5.82 Å². The fraction of sp³-hybridized carbons (Fsp3) is 0.276. The molecule has 1 aromatic heterocycles. The molecule has 0 aliphatic carbocycles. The lowest BCUT2D eigenvalue weighted by Gasteiger charge is -2.48. The molecule has 0 amide bonds. The first-order chi connectivity index (χ1) is 17.0. The summed E-state index contributed by atoms with van der Waals surface area (Å²) in [5.41, 5.74) is 5.02. The SMILES string of the molecule is Cc1[nH]c(-c2ccccc2)nc1C(C)(C(c1cccc(Cl)c1)c1cccc(Cl)c1)N1CCNCC1.Cl.Cl.Cl. The molecule has 1 unspecified atom stereocenters. The molecule has 0 radical (unpaired) electrons. The molecule has 1 atom stereocenters. The van der Waals surface area contributed by atoms with Gasteiger partial charge in [0.15, 0.2) is 0 Å². The first-order valence-corrected chi connectivity index (χ1v) is 12.8. The molecule has 1 fully saturated rings. The van der Waals surface area contributed by atoms with Gasteiger partial charge in [0.25, 0.3) is 0 Å². The maximum absolute atomic E-state index is 6.53. The summed E-state index contributed by atoms with van der Waals surface area (Å²) in [6.07, 6.45) is 0. The quantitative estimate of drug-likeness (QED) is 0.232. The number of aromatic nitrogens is 2.